The van der Waals surface area contributed by atoms with Crippen LogP contribution in [-0.4, -0.2) is 64.6 Å². The Kier molecular flexibility index (Phi) is 5.22. The molecule has 1 saturated heterocycles. The summed E-state index contributed by atoms with van der Waals surface area (Å²) in [6.07, 6.45) is 3.10. The van der Waals surface area contributed by atoms with Crippen molar-refractivity contribution in [2.45, 2.75) is 19.9 Å². The van der Waals surface area contributed by atoms with E-state index < -0.39 is 0 Å². The Balaban J connectivity index is 1.60. The summed E-state index contributed by atoms with van der Waals surface area (Å²) in [5.41, 5.74) is 2.29. The second-order valence-corrected chi connectivity index (χ2v) is 5.94. The molecule has 7 nitrogen and oxygen atoms in total. The summed E-state index contributed by atoms with van der Waals surface area (Å²) in [6.45, 7) is 7.57. The van der Waals surface area contributed by atoms with Gasteiger partial charge in [0.1, 0.15) is 19.3 Å². The van der Waals surface area contributed by atoms with Crippen molar-refractivity contribution in [1.82, 2.24) is 19.7 Å². The van der Waals surface area contributed by atoms with Crippen molar-refractivity contribution in [2.24, 2.45) is 0 Å². The molecular formula is C17H22N4O3. The Morgan fingerprint density at radius 2 is 2.17 bits per heavy atom. The predicted octanol–water partition coefficient (Wildman–Crippen LogP) is 1.45. The van der Waals surface area contributed by atoms with E-state index in [2.05, 4.69) is 21.9 Å². The van der Waals surface area contributed by atoms with Crippen LogP contribution < -0.4 is 0 Å². The van der Waals surface area contributed by atoms with Crippen LogP contribution in [0.4, 0.5) is 0 Å². The number of hydrogen-bond donors (Lipinski definition) is 0. The first kappa shape index (κ1) is 16.6. The Bertz CT molecular complexity index is 681. The van der Waals surface area contributed by atoms with Gasteiger partial charge in [0.05, 0.1) is 24.5 Å². The van der Waals surface area contributed by atoms with Crippen LogP contribution in [0.2, 0.25) is 0 Å². The average molecular weight is 330 g/mol. The van der Waals surface area contributed by atoms with Crippen molar-refractivity contribution in [3.63, 3.8) is 0 Å². The minimum absolute atomic E-state index is 0.188. The highest BCUT2D eigenvalue weighted by Gasteiger charge is 2.19. The normalized spacial score (nSPS) is 16.8. The van der Waals surface area contributed by atoms with Crippen LogP contribution in [0.3, 0.4) is 0 Å². The molecule has 1 atom stereocenters. The molecule has 0 saturated carbocycles. The molecule has 7 heteroatoms. The molecule has 128 valence electrons. The van der Waals surface area contributed by atoms with Crippen molar-refractivity contribution in [3.8, 4) is 5.69 Å². The van der Waals surface area contributed by atoms with Crippen LogP contribution in [0.15, 0.2) is 30.9 Å². The molecular weight excluding hydrogens is 308 g/mol. The maximum absolute atomic E-state index is 12.4. The molecule has 24 heavy (non-hydrogen) atoms. The molecule has 1 aromatic carbocycles. The topological polar surface area (TPSA) is 69.5 Å². The van der Waals surface area contributed by atoms with Crippen LogP contribution in [0.25, 0.3) is 5.69 Å². The quantitative estimate of drug-likeness (QED) is 0.773. The van der Waals surface area contributed by atoms with Gasteiger partial charge in [0.25, 0.3) is 0 Å². The van der Waals surface area contributed by atoms with E-state index in [1.807, 2.05) is 19.1 Å². The molecule has 0 radical (unpaired) electrons. The fourth-order valence-electron chi connectivity index (χ4n) is 2.76. The number of benzene rings is 1. The van der Waals surface area contributed by atoms with Crippen molar-refractivity contribution < 1.29 is 14.3 Å². The van der Waals surface area contributed by atoms with Gasteiger partial charge in [-0.25, -0.2) is 14.5 Å². The minimum Gasteiger partial charge on any atom is -0.460 e. The third kappa shape index (κ3) is 3.80. The van der Waals surface area contributed by atoms with Gasteiger partial charge in [-0.2, -0.15) is 5.10 Å². The molecule has 0 spiro atoms. The molecule has 3 rings (SSSR count). The van der Waals surface area contributed by atoms with Crippen LogP contribution in [-0.2, 0) is 9.47 Å². The summed E-state index contributed by atoms with van der Waals surface area (Å²) in [6, 6.07) is 5.70. The number of ether oxygens (including phenoxy) is 2. The molecule has 0 N–H and O–H groups in total. The monoisotopic (exact) mass is 330 g/mol. The molecule has 1 aliphatic heterocycles. The van der Waals surface area contributed by atoms with Gasteiger partial charge in [-0.3, -0.25) is 4.90 Å². The maximum atomic E-state index is 12.4. The number of hydrogen-bond acceptors (Lipinski definition) is 6. The van der Waals surface area contributed by atoms with Crippen molar-refractivity contribution in [1.29, 1.82) is 0 Å². The van der Waals surface area contributed by atoms with Gasteiger partial charge in [0, 0.05) is 19.1 Å². The number of aromatic nitrogens is 3. The highest BCUT2D eigenvalue weighted by molar-refractivity contribution is 5.91. The lowest BCUT2D eigenvalue weighted by Crippen LogP contribution is -2.44. The Morgan fingerprint density at radius 3 is 2.83 bits per heavy atom. The summed E-state index contributed by atoms with van der Waals surface area (Å²) in [7, 11) is 0. The lowest BCUT2D eigenvalue weighted by Gasteiger charge is -2.31. The second kappa shape index (κ2) is 7.55. The molecule has 0 amide bonds. The maximum Gasteiger partial charge on any atom is 0.338 e. The smallest absolute Gasteiger partial charge is 0.338 e. The first-order chi connectivity index (χ1) is 11.6. The van der Waals surface area contributed by atoms with E-state index in [-0.39, 0.29) is 12.0 Å². The van der Waals surface area contributed by atoms with E-state index in [0.29, 0.717) is 12.2 Å². The highest BCUT2D eigenvalue weighted by atomic mass is 16.5. The van der Waals surface area contributed by atoms with E-state index in [1.165, 1.54) is 6.33 Å². The molecule has 0 unspecified atom stereocenters. The van der Waals surface area contributed by atoms with Gasteiger partial charge in [-0.05, 0) is 37.6 Å². The molecule has 2 aromatic rings. The molecule has 1 fully saturated rings. The summed E-state index contributed by atoms with van der Waals surface area (Å²) < 4.78 is 12.5. The van der Waals surface area contributed by atoms with Crippen LogP contribution in [0.5, 0.6) is 0 Å². The van der Waals surface area contributed by atoms with Gasteiger partial charge in [0.15, 0.2) is 0 Å². The standard InChI is InChI=1S/C17H22N4O3/c1-13-9-15(21-12-18-11-19-21)3-4-16(13)17(22)24-10-14(2)20-5-7-23-8-6-20/h3-4,9,11-12,14H,5-8,10H2,1-2H3/t14-/m0/s1. The Morgan fingerprint density at radius 1 is 1.38 bits per heavy atom. The summed E-state index contributed by atoms with van der Waals surface area (Å²) in [4.78, 5) is 18.6. The number of esters is 1. The van der Waals surface area contributed by atoms with Crippen LogP contribution in [0.1, 0.15) is 22.8 Å². The number of nitrogens with zero attached hydrogens (tertiary/aromatic N) is 4. The summed E-state index contributed by atoms with van der Waals surface area (Å²) in [5, 5.41) is 4.09. The zero-order chi connectivity index (χ0) is 16.9. The minimum atomic E-state index is -0.294. The predicted molar refractivity (Wildman–Crippen MR) is 88.2 cm³/mol. The number of carbonyl (C=O) groups excluding carboxylic acids is 1. The molecule has 1 aromatic heterocycles. The summed E-state index contributed by atoms with van der Waals surface area (Å²) in [5.74, 6) is -0.294. The number of aryl methyl sites for hydroxylation is 1. The fourth-order valence-corrected chi connectivity index (χ4v) is 2.76. The number of morpholine rings is 1. The SMILES string of the molecule is Cc1cc(-n2cncn2)ccc1C(=O)OC[C@H](C)N1CCOCC1. The average Bonchev–Trinajstić information content (AvgIpc) is 3.14. The zero-order valence-electron chi connectivity index (χ0n) is 14.0. The van der Waals surface area contributed by atoms with E-state index in [1.54, 1.807) is 17.1 Å². The lowest BCUT2D eigenvalue weighted by molar-refractivity contribution is -0.00189. The van der Waals surface area contributed by atoms with Gasteiger partial charge < -0.3 is 9.47 Å². The Hall–Kier alpha value is -2.25. The third-order valence-corrected chi connectivity index (χ3v) is 4.24. The fraction of sp³-hybridized carbons (Fsp3) is 0.471. The highest BCUT2D eigenvalue weighted by Crippen LogP contribution is 2.15. The Labute approximate surface area is 141 Å². The van der Waals surface area contributed by atoms with Crippen LogP contribution >= 0.6 is 0 Å². The third-order valence-electron chi connectivity index (χ3n) is 4.24. The van der Waals surface area contributed by atoms with Crippen molar-refractivity contribution in [2.75, 3.05) is 32.9 Å². The van der Waals surface area contributed by atoms with Gasteiger partial charge >= 0.3 is 5.97 Å². The molecule has 1 aliphatic rings. The zero-order valence-corrected chi connectivity index (χ0v) is 14.0. The summed E-state index contributed by atoms with van der Waals surface area (Å²) >= 11 is 0. The van der Waals surface area contributed by atoms with Crippen molar-refractivity contribution in [3.05, 3.63) is 42.0 Å². The molecule has 2 heterocycles. The molecule has 0 aliphatic carbocycles. The van der Waals surface area contributed by atoms with E-state index in [0.717, 1.165) is 37.6 Å². The van der Waals surface area contributed by atoms with E-state index in [4.69, 9.17) is 9.47 Å². The largest absolute Gasteiger partial charge is 0.460 e. The van der Waals surface area contributed by atoms with Gasteiger partial charge in [0.2, 0.25) is 0 Å². The van der Waals surface area contributed by atoms with E-state index >= 15 is 0 Å². The van der Waals surface area contributed by atoms with Crippen molar-refractivity contribution >= 4 is 5.97 Å². The van der Waals surface area contributed by atoms with E-state index in [9.17, 15) is 4.79 Å². The van der Waals surface area contributed by atoms with Gasteiger partial charge in [-0.1, -0.05) is 0 Å². The lowest BCUT2D eigenvalue weighted by atomic mass is 10.1. The first-order valence-corrected chi connectivity index (χ1v) is 8.09. The van der Waals surface area contributed by atoms with Gasteiger partial charge in [-0.15, -0.1) is 0 Å². The van der Waals surface area contributed by atoms with Crippen LogP contribution in [0, 0.1) is 6.92 Å². The number of rotatable bonds is 5. The molecule has 0 bridgehead atoms. The number of carbonyl (C=O) groups is 1. The second-order valence-electron chi connectivity index (χ2n) is 5.94. The first-order valence-electron chi connectivity index (χ1n) is 8.09.